The van der Waals surface area contributed by atoms with Crippen LogP contribution in [0, 0.1) is 0 Å². The fraction of sp³-hybridized carbons (Fsp3) is 0.417. The van der Waals surface area contributed by atoms with Crippen molar-refractivity contribution in [2.45, 2.75) is 4.90 Å². The number of nitrogens with zero attached hydrogens (tertiary/aromatic N) is 1. The minimum atomic E-state index is -3.68. The van der Waals surface area contributed by atoms with Crippen LogP contribution in [-0.4, -0.2) is 51.9 Å². The van der Waals surface area contributed by atoms with Crippen LogP contribution in [0.3, 0.4) is 0 Å². The number of sulfonamides is 1. The highest BCUT2D eigenvalue weighted by Crippen LogP contribution is 2.13. The minimum absolute atomic E-state index is 0.0926. The fourth-order valence-corrected chi connectivity index (χ4v) is 2.98. The molecule has 0 atom stereocenters. The quantitative estimate of drug-likeness (QED) is 0.822. The second-order valence-electron chi connectivity index (χ2n) is 4.41. The van der Waals surface area contributed by atoms with Crippen LogP contribution in [0.4, 0.5) is 0 Å². The molecule has 20 heavy (non-hydrogen) atoms. The van der Waals surface area contributed by atoms with E-state index in [4.69, 9.17) is 11.6 Å². The lowest BCUT2D eigenvalue weighted by molar-refractivity contribution is -0.130. The number of rotatable bonds is 4. The molecular formula is C12H16ClN3O3S. The molecule has 0 aliphatic carbocycles. The van der Waals surface area contributed by atoms with Crippen LogP contribution in [0.2, 0.25) is 5.02 Å². The van der Waals surface area contributed by atoms with Crippen LogP contribution in [0.15, 0.2) is 29.2 Å². The SMILES string of the molecule is O=C(CNS(=O)(=O)c1ccc(Cl)cc1)N1CCNCC1. The summed E-state index contributed by atoms with van der Waals surface area (Å²) in [4.78, 5) is 13.6. The zero-order valence-electron chi connectivity index (χ0n) is 10.8. The van der Waals surface area contributed by atoms with E-state index >= 15 is 0 Å². The lowest BCUT2D eigenvalue weighted by Crippen LogP contribution is -2.49. The Hall–Kier alpha value is -1.15. The maximum Gasteiger partial charge on any atom is 0.241 e. The number of carbonyl (C=O) groups excluding carboxylic acids is 1. The van der Waals surface area contributed by atoms with E-state index in [1.165, 1.54) is 24.3 Å². The molecular weight excluding hydrogens is 302 g/mol. The van der Waals surface area contributed by atoms with Gasteiger partial charge < -0.3 is 10.2 Å². The van der Waals surface area contributed by atoms with Crippen molar-refractivity contribution in [3.63, 3.8) is 0 Å². The Labute approximate surface area is 123 Å². The van der Waals surface area contributed by atoms with Gasteiger partial charge in [0.25, 0.3) is 0 Å². The van der Waals surface area contributed by atoms with E-state index in [0.29, 0.717) is 18.1 Å². The maximum absolute atomic E-state index is 12.0. The molecule has 8 heteroatoms. The van der Waals surface area contributed by atoms with Gasteiger partial charge in [0.1, 0.15) is 0 Å². The molecule has 0 unspecified atom stereocenters. The van der Waals surface area contributed by atoms with E-state index in [2.05, 4.69) is 10.0 Å². The predicted molar refractivity (Wildman–Crippen MR) is 76.1 cm³/mol. The van der Waals surface area contributed by atoms with Crippen molar-refractivity contribution in [1.82, 2.24) is 14.9 Å². The Kier molecular flexibility index (Phi) is 4.98. The smallest absolute Gasteiger partial charge is 0.241 e. The second kappa shape index (κ2) is 6.53. The number of carbonyl (C=O) groups is 1. The summed E-state index contributed by atoms with van der Waals surface area (Å²) in [7, 11) is -3.68. The first-order chi connectivity index (χ1) is 9.49. The Bertz CT molecular complexity index is 568. The molecule has 110 valence electrons. The lowest BCUT2D eigenvalue weighted by Gasteiger charge is -2.27. The number of halogens is 1. The predicted octanol–water partition coefficient (Wildman–Crippen LogP) is 0.0501. The summed E-state index contributed by atoms with van der Waals surface area (Å²) >= 11 is 5.71. The number of amides is 1. The molecule has 1 aliphatic heterocycles. The Balaban J connectivity index is 1.95. The van der Waals surface area contributed by atoms with E-state index < -0.39 is 10.0 Å². The van der Waals surface area contributed by atoms with Crippen molar-refractivity contribution in [1.29, 1.82) is 0 Å². The molecule has 1 saturated heterocycles. The maximum atomic E-state index is 12.0. The molecule has 0 saturated carbocycles. The van der Waals surface area contributed by atoms with E-state index in [-0.39, 0.29) is 17.3 Å². The van der Waals surface area contributed by atoms with E-state index in [0.717, 1.165) is 13.1 Å². The van der Waals surface area contributed by atoms with Crippen molar-refractivity contribution in [3.8, 4) is 0 Å². The Morgan fingerprint density at radius 3 is 2.45 bits per heavy atom. The molecule has 0 radical (unpaired) electrons. The van der Waals surface area contributed by atoms with Crippen molar-refractivity contribution in [2.24, 2.45) is 0 Å². The highest BCUT2D eigenvalue weighted by Gasteiger charge is 2.19. The van der Waals surface area contributed by atoms with Gasteiger partial charge in [-0.25, -0.2) is 13.1 Å². The summed E-state index contributed by atoms with van der Waals surface area (Å²) < 4.78 is 26.3. The van der Waals surface area contributed by atoms with Crippen molar-refractivity contribution >= 4 is 27.5 Å². The minimum Gasteiger partial charge on any atom is -0.339 e. The number of benzene rings is 1. The van der Waals surface area contributed by atoms with Gasteiger partial charge in [-0.3, -0.25) is 4.79 Å². The van der Waals surface area contributed by atoms with E-state index in [1.807, 2.05) is 0 Å². The molecule has 0 aromatic heterocycles. The molecule has 2 rings (SSSR count). The molecule has 1 aliphatic rings. The van der Waals surface area contributed by atoms with Gasteiger partial charge in [0.15, 0.2) is 0 Å². The highest BCUT2D eigenvalue weighted by atomic mass is 35.5. The van der Waals surface area contributed by atoms with Crippen molar-refractivity contribution in [3.05, 3.63) is 29.3 Å². The van der Waals surface area contributed by atoms with Crippen LogP contribution < -0.4 is 10.0 Å². The standard InChI is InChI=1S/C12H16ClN3O3S/c13-10-1-3-11(4-2-10)20(18,19)15-9-12(17)16-7-5-14-6-8-16/h1-4,14-15H,5-9H2. The number of hydrogen-bond donors (Lipinski definition) is 2. The summed E-state index contributed by atoms with van der Waals surface area (Å²) in [5.41, 5.74) is 0. The second-order valence-corrected chi connectivity index (χ2v) is 6.61. The van der Waals surface area contributed by atoms with Crippen LogP contribution in [-0.2, 0) is 14.8 Å². The van der Waals surface area contributed by atoms with E-state index in [9.17, 15) is 13.2 Å². The topological polar surface area (TPSA) is 78.5 Å². The van der Waals surface area contributed by atoms with Crippen LogP contribution >= 0.6 is 11.6 Å². The van der Waals surface area contributed by atoms with Gasteiger partial charge in [0.2, 0.25) is 15.9 Å². The fourth-order valence-electron chi connectivity index (χ4n) is 1.88. The van der Waals surface area contributed by atoms with Gasteiger partial charge >= 0.3 is 0 Å². The van der Waals surface area contributed by atoms with Gasteiger partial charge in [-0.05, 0) is 24.3 Å². The van der Waals surface area contributed by atoms with Gasteiger partial charge in [-0.15, -0.1) is 0 Å². The lowest BCUT2D eigenvalue weighted by atomic mass is 10.3. The van der Waals surface area contributed by atoms with Gasteiger partial charge in [-0.2, -0.15) is 0 Å². The zero-order valence-corrected chi connectivity index (χ0v) is 12.4. The molecule has 0 spiro atoms. The highest BCUT2D eigenvalue weighted by molar-refractivity contribution is 7.89. The first-order valence-corrected chi connectivity index (χ1v) is 8.09. The van der Waals surface area contributed by atoms with Gasteiger partial charge in [0.05, 0.1) is 11.4 Å². The molecule has 6 nitrogen and oxygen atoms in total. The summed E-state index contributed by atoms with van der Waals surface area (Å²) in [6, 6.07) is 5.79. The summed E-state index contributed by atoms with van der Waals surface area (Å²) in [5.74, 6) is -0.218. The third kappa shape index (κ3) is 3.92. The monoisotopic (exact) mass is 317 g/mol. The number of hydrogen-bond acceptors (Lipinski definition) is 4. The summed E-state index contributed by atoms with van der Waals surface area (Å²) in [6.07, 6.45) is 0. The molecule has 1 aromatic carbocycles. The van der Waals surface area contributed by atoms with Gasteiger partial charge in [0, 0.05) is 31.2 Å². The van der Waals surface area contributed by atoms with E-state index in [1.54, 1.807) is 4.90 Å². The Morgan fingerprint density at radius 2 is 1.85 bits per heavy atom. The van der Waals surface area contributed by atoms with Crippen LogP contribution in [0.1, 0.15) is 0 Å². The zero-order chi connectivity index (χ0) is 14.6. The first kappa shape index (κ1) is 15.2. The van der Waals surface area contributed by atoms with Crippen LogP contribution in [0.5, 0.6) is 0 Å². The Morgan fingerprint density at radius 1 is 1.25 bits per heavy atom. The van der Waals surface area contributed by atoms with Crippen LogP contribution in [0.25, 0.3) is 0 Å². The number of piperazine rings is 1. The molecule has 2 N–H and O–H groups in total. The largest absolute Gasteiger partial charge is 0.339 e. The average molecular weight is 318 g/mol. The third-order valence-electron chi connectivity index (χ3n) is 3.01. The third-order valence-corrected chi connectivity index (χ3v) is 4.68. The van der Waals surface area contributed by atoms with Gasteiger partial charge in [-0.1, -0.05) is 11.6 Å². The molecule has 1 fully saturated rings. The van der Waals surface area contributed by atoms with Crippen molar-refractivity contribution < 1.29 is 13.2 Å². The molecule has 0 bridgehead atoms. The first-order valence-electron chi connectivity index (χ1n) is 6.23. The summed E-state index contributed by atoms with van der Waals surface area (Å²) in [5, 5.41) is 3.59. The average Bonchev–Trinajstić information content (AvgIpc) is 2.46. The molecule has 1 aromatic rings. The summed E-state index contributed by atoms with van der Waals surface area (Å²) in [6.45, 7) is 2.43. The normalized spacial score (nSPS) is 16.1. The number of nitrogens with one attached hydrogen (secondary N) is 2. The molecule has 1 amide bonds. The molecule has 1 heterocycles. The van der Waals surface area contributed by atoms with Crippen molar-refractivity contribution in [2.75, 3.05) is 32.7 Å².